The topological polar surface area (TPSA) is 51.8 Å². The fourth-order valence-corrected chi connectivity index (χ4v) is 4.79. The van der Waals surface area contributed by atoms with E-state index in [9.17, 15) is 0 Å². The number of aryl methyl sites for hydroxylation is 2. The second-order valence-corrected chi connectivity index (χ2v) is 10.9. The molecule has 4 nitrogen and oxygen atoms in total. The third-order valence-corrected chi connectivity index (χ3v) is 6.58. The van der Waals surface area contributed by atoms with Crippen molar-refractivity contribution in [3.8, 4) is 22.5 Å². The van der Waals surface area contributed by atoms with Gasteiger partial charge in [0.2, 0.25) is 0 Å². The SMILES string of the molecule is [2H]C([2H])([2H])c1cc2ccc3c4cc[c-]c(-c5cc(C([2H])([2H])C(C)(C)C)ccn5)c4oc3c2cn1.[2H]C([2H])([2H])c1ccc(-c2[c-]cccc2)nc1.[Ir]. The quantitative estimate of drug-likeness (QED) is 0.169. The predicted molar refractivity (Wildman–Crippen MR) is 172 cm³/mol. The maximum absolute atomic E-state index is 8.64. The van der Waals surface area contributed by atoms with Crippen molar-refractivity contribution in [3.63, 3.8) is 0 Å². The first-order valence-corrected chi connectivity index (χ1v) is 13.5. The van der Waals surface area contributed by atoms with Crippen LogP contribution in [-0.2, 0) is 26.5 Å². The van der Waals surface area contributed by atoms with Crippen LogP contribution in [0.15, 0.2) is 102 Å². The van der Waals surface area contributed by atoms with Crippen molar-refractivity contribution in [2.45, 2.75) is 40.8 Å². The molecule has 7 aromatic rings. The zero-order valence-corrected chi connectivity index (χ0v) is 26.2. The van der Waals surface area contributed by atoms with Crippen molar-refractivity contribution in [2.24, 2.45) is 5.41 Å². The molecule has 0 saturated heterocycles. The number of fused-ring (bicyclic) bond motifs is 5. The van der Waals surface area contributed by atoms with Crippen LogP contribution in [0.25, 0.3) is 55.2 Å². The minimum absolute atomic E-state index is 0. The van der Waals surface area contributed by atoms with Crippen LogP contribution in [-0.4, -0.2) is 15.0 Å². The molecule has 0 saturated carbocycles. The van der Waals surface area contributed by atoms with Gasteiger partial charge in [0.25, 0.3) is 0 Å². The number of furan rings is 1. The van der Waals surface area contributed by atoms with Gasteiger partial charge in [-0.1, -0.05) is 67.6 Å². The largest absolute Gasteiger partial charge is 0.500 e. The molecule has 0 aliphatic heterocycles. The van der Waals surface area contributed by atoms with Crippen LogP contribution in [0, 0.1) is 31.3 Å². The van der Waals surface area contributed by atoms with Crippen LogP contribution in [0.1, 0.15) is 48.6 Å². The first-order chi connectivity index (χ1) is 23.4. The number of rotatable bonds is 3. The average Bonchev–Trinajstić information content (AvgIpc) is 3.47. The Balaban J connectivity index is 0.000000249. The maximum atomic E-state index is 8.64. The van der Waals surface area contributed by atoms with Crippen LogP contribution in [0.2, 0.25) is 0 Å². The Kier molecular flexibility index (Phi) is 6.29. The second kappa shape index (κ2) is 12.6. The molecular formula is C38H33IrN3O-2. The summed E-state index contributed by atoms with van der Waals surface area (Å²) >= 11 is 0. The molecular weight excluding hydrogens is 707 g/mol. The normalized spacial score (nSPS) is 15.0. The smallest absolute Gasteiger partial charge is 0.130 e. The van der Waals surface area contributed by atoms with Crippen molar-refractivity contribution < 1.29 is 35.5 Å². The predicted octanol–water partition coefficient (Wildman–Crippen LogP) is 9.75. The van der Waals surface area contributed by atoms with Crippen LogP contribution < -0.4 is 0 Å². The molecule has 0 aliphatic carbocycles. The molecule has 0 unspecified atom stereocenters. The summed E-state index contributed by atoms with van der Waals surface area (Å²) in [6.07, 6.45) is 2.99. The summed E-state index contributed by atoms with van der Waals surface area (Å²) in [5, 5.41) is 3.20. The Morgan fingerprint density at radius 1 is 0.791 bits per heavy atom. The van der Waals surface area contributed by atoms with E-state index in [1.165, 1.54) is 6.20 Å². The summed E-state index contributed by atoms with van der Waals surface area (Å²) in [5.74, 6) is 0. The molecule has 0 fully saturated rings. The van der Waals surface area contributed by atoms with E-state index < -0.39 is 25.5 Å². The average molecular weight is 748 g/mol. The third kappa shape index (κ3) is 6.74. The van der Waals surface area contributed by atoms with E-state index in [2.05, 4.69) is 27.1 Å². The molecule has 5 heteroatoms. The van der Waals surface area contributed by atoms with E-state index in [0.29, 0.717) is 28.0 Å². The molecule has 0 aliphatic rings. The number of hydrogen-bond donors (Lipinski definition) is 0. The van der Waals surface area contributed by atoms with Gasteiger partial charge in [-0.3, -0.25) is 4.98 Å². The molecule has 217 valence electrons. The molecule has 0 atom stereocenters. The third-order valence-electron chi connectivity index (χ3n) is 6.58. The van der Waals surface area contributed by atoms with Gasteiger partial charge in [-0.2, -0.15) is 0 Å². The minimum Gasteiger partial charge on any atom is -0.500 e. The maximum Gasteiger partial charge on any atom is 0.130 e. The summed E-state index contributed by atoms with van der Waals surface area (Å²) in [4.78, 5) is 12.8. The van der Waals surface area contributed by atoms with Crippen LogP contribution >= 0.6 is 0 Å². The number of hydrogen-bond acceptors (Lipinski definition) is 4. The number of pyridine rings is 3. The molecule has 3 aromatic carbocycles. The van der Waals surface area contributed by atoms with Crippen molar-refractivity contribution in [2.75, 3.05) is 0 Å². The minimum atomic E-state index is -2.28. The van der Waals surface area contributed by atoms with E-state index in [1.54, 1.807) is 54.9 Å². The van der Waals surface area contributed by atoms with Gasteiger partial charge >= 0.3 is 0 Å². The van der Waals surface area contributed by atoms with Gasteiger partial charge in [-0.05, 0) is 60.0 Å². The molecule has 7 rings (SSSR count). The second-order valence-electron chi connectivity index (χ2n) is 10.9. The monoisotopic (exact) mass is 748 g/mol. The van der Waals surface area contributed by atoms with Crippen molar-refractivity contribution in [1.82, 2.24) is 15.0 Å². The zero-order valence-electron chi connectivity index (χ0n) is 31.8. The van der Waals surface area contributed by atoms with Gasteiger partial charge in [-0.25, -0.2) is 0 Å². The van der Waals surface area contributed by atoms with Gasteiger partial charge in [0.15, 0.2) is 0 Å². The Bertz CT molecular complexity index is 2310. The summed E-state index contributed by atoms with van der Waals surface area (Å²) in [6.45, 7) is 1.24. The Morgan fingerprint density at radius 3 is 2.42 bits per heavy atom. The number of nitrogens with zero attached hydrogens (tertiary/aromatic N) is 3. The van der Waals surface area contributed by atoms with E-state index in [-0.39, 0.29) is 31.4 Å². The standard InChI is InChI=1S/C26H23N2O.C12H10N.Ir/c1-16-12-18-8-9-20-19-6-5-7-21(24(19)29-25(20)22(18)15-28-16)23-13-17(10-11-27-23)14-26(2,3)4;1-10-7-8-12(13-9-10)11-5-3-2-4-6-11;/h5-6,8-13,15H,14H2,1-4H3;2-5,7-9H,1H3;/q2*-1;/i1D3,14D2;1D3;. The molecule has 0 N–H and O–H groups in total. The first-order valence-electron chi connectivity index (χ1n) is 17.5. The summed E-state index contributed by atoms with van der Waals surface area (Å²) < 4.78 is 68.2. The van der Waals surface area contributed by atoms with Gasteiger partial charge < -0.3 is 14.4 Å². The molecule has 1 radical (unpaired) electrons. The van der Waals surface area contributed by atoms with E-state index in [0.717, 1.165) is 32.8 Å². The molecule has 0 spiro atoms. The number of aromatic nitrogens is 3. The van der Waals surface area contributed by atoms with Gasteiger partial charge in [0, 0.05) is 66.1 Å². The van der Waals surface area contributed by atoms with Crippen LogP contribution in [0.3, 0.4) is 0 Å². The molecule has 43 heavy (non-hydrogen) atoms. The fraction of sp³-hybridized carbons (Fsp3) is 0.184. The van der Waals surface area contributed by atoms with Gasteiger partial charge in [-0.15, -0.1) is 54.1 Å². The number of benzene rings is 3. The summed E-state index contributed by atoms with van der Waals surface area (Å²) in [6, 6.07) is 29.5. The fourth-order valence-electron chi connectivity index (χ4n) is 4.79. The Labute approximate surface area is 277 Å². The first kappa shape index (κ1) is 21.5. The van der Waals surface area contributed by atoms with E-state index >= 15 is 0 Å². The van der Waals surface area contributed by atoms with Crippen LogP contribution in [0.4, 0.5) is 0 Å². The summed E-state index contributed by atoms with van der Waals surface area (Å²) in [7, 11) is 0. The van der Waals surface area contributed by atoms with E-state index in [4.69, 9.17) is 15.4 Å². The summed E-state index contributed by atoms with van der Waals surface area (Å²) in [5.41, 5.74) is 4.24. The van der Waals surface area contributed by atoms with Crippen molar-refractivity contribution >= 4 is 32.7 Å². The Hall–Kier alpha value is -4.18. The molecule has 4 aromatic heterocycles. The molecule has 4 heterocycles. The zero-order chi connectivity index (χ0) is 36.1. The van der Waals surface area contributed by atoms with Gasteiger partial charge in [0.1, 0.15) is 5.58 Å². The molecule has 0 amide bonds. The van der Waals surface area contributed by atoms with Crippen molar-refractivity contribution in [1.29, 1.82) is 0 Å². The van der Waals surface area contributed by atoms with E-state index in [1.807, 2.05) is 57.2 Å². The van der Waals surface area contributed by atoms with Crippen molar-refractivity contribution in [3.05, 3.63) is 126 Å². The van der Waals surface area contributed by atoms with Gasteiger partial charge in [0.05, 0.1) is 5.58 Å². The molecule has 0 bridgehead atoms. The van der Waals surface area contributed by atoms with Crippen LogP contribution in [0.5, 0.6) is 0 Å². The Morgan fingerprint density at radius 2 is 1.67 bits per heavy atom.